The van der Waals surface area contributed by atoms with E-state index in [0.717, 1.165) is 26.2 Å². The highest BCUT2D eigenvalue weighted by Crippen LogP contribution is 2.25. The van der Waals surface area contributed by atoms with Gasteiger partial charge in [-0.25, -0.2) is 8.78 Å². The van der Waals surface area contributed by atoms with Crippen LogP contribution in [-0.2, 0) is 0 Å². The number of hydrogen-bond acceptors (Lipinski definition) is 2. The van der Waals surface area contributed by atoms with Gasteiger partial charge in [-0.1, -0.05) is 6.07 Å². The maximum atomic E-state index is 13.4. The molecular weight excluding hydrogens is 290 g/mol. The summed E-state index contributed by atoms with van der Waals surface area (Å²) in [5.41, 5.74) is 0.704. The van der Waals surface area contributed by atoms with E-state index in [0.29, 0.717) is 10.0 Å². The van der Waals surface area contributed by atoms with Gasteiger partial charge in [-0.3, -0.25) is 4.90 Å². The summed E-state index contributed by atoms with van der Waals surface area (Å²) >= 11 is 3.10. The smallest absolute Gasteiger partial charge is 0.137 e. The van der Waals surface area contributed by atoms with Crippen LogP contribution in [-0.4, -0.2) is 37.8 Å². The van der Waals surface area contributed by atoms with Crippen molar-refractivity contribution in [3.8, 4) is 0 Å². The molecule has 2 rings (SSSR count). The minimum absolute atomic E-state index is 0.334. The third-order valence-electron chi connectivity index (χ3n) is 3.07. The topological polar surface area (TPSA) is 15.3 Å². The maximum Gasteiger partial charge on any atom is 0.137 e. The molecule has 0 unspecified atom stereocenters. The Morgan fingerprint density at radius 2 is 2.06 bits per heavy atom. The lowest BCUT2D eigenvalue weighted by Gasteiger charge is -2.33. The number of piperazine rings is 1. The molecule has 0 spiro atoms. The van der Waals surface area contributed by atoms with Crippen LogP contribution >= 0.6 is 15.9 Å². The molecule has 17 heavy (non-hydrogen) atoms. The van der Waals surface area contributed by atoms with E-state index in [1.165, 1.54) is 6.07 Å². The SMILES string of the molecule is FC[C@@H](c1ccc(Br)c(F)c1)N1CCNCC1. The molecule has 1 heterocycles. The molecule has 0 aromatic heterocycles. The molecule has 0 aliphatic carbocycles. The van der Waals surface area contributed by atoms with E-state index < -0.39 is 6.67 Å². The van der Waals surface area contributed by atoms with E-state index in [1.54, 1.807) is 12.1 Å². The Hall–Kier alpha value is -0.520. The van der Waals surface area contributed by atoms with Gasteiger partial charge in [0.2, 0.25) is 0 Å². The van der Waals surface area contributed by atoms with Crippen LogP contribution in [0.3, 0.4) is 0 Å². The lowest BCUT2D eigenvalue weighted by atomic mass is 10.1. The van der Waals surface area contributed by atoms with Crippen molar-refractivity contribution < 1.29 is 8.78 Å². The van der Waals surface area contributed by atoms with Gasteiger partial charge in [0.25, 0.3) is 0 Å². The van der Waals surface area contributed by atoms with E-state index in [2.05, 4.69) is 26.1 Å². The average Bonchev–Trinajstić information content (AvgIpc) is 2.36. The zero-order valence-corrected chi connectivity index (χ0v) is 11.0. The first-order valence-electron chi connectivity index (χ1n) is 5.68. The van der Waals surface area contributed by atoms with Gasteiger partial charge in [-0.2, -0.15) is 0 Å². The summed E-state index contributed by atoms with van der Waals surface area (Å²) in [6, 6.07) is 4.49. The number of alkyl halides is 1. The fourth-order valence-corrected chi connectivity index (χ4v) is 2.36. The van der Waals surface area contributed by atoms with Gasteiger partial charge >= 0.3 is 0 Å². The second-order valence-corrected chi connectivity index (χ2v) is 4.98. The second-order valence-electron chi connectivity index (χ2n) is 4.13. The molecule has 2 nitrogen and oxygen atoms in total. The monoisotopic (exact) mass is 304 g/mol. The van der Waals surface area contributed by atoms with Crippen LogP contribution in [0.2, 0.25) is 0 Å². The van der Waals surface area contributed by atoms with Crippen LogP contribution in [0, 0.1) is 5.82 Å². The fourth-order valence-electron chi connectivity index (χ4n) is 2.11. The predicted octanol–water partition coefficient (Wildman–Crippen LogP) is 2.50. The minimum Gasteiger partial charge on any atom is -0.314 e. The molecule has 0 amide bonds. The fraction of sp³-hybridized carbons (Fsp3) is 0.500. The molecule has 0 radical (unpaired) electrons. The van der Waals surface area contributed by atoms with Gasteiger partial charge in [-0.05, 0) is 33.6 Å². The van der Waals surface area contributed by atoms with Gasteiger partial charge < -0.3 is 5.32 Å². The zero-order valence-electron chi connectivity index (χ0n) is 9.43. The Labute approximate surface area is 108 Å². The molecule has 1 fully saturated rings. The van der Waals surface area contributed by atoms with E-state index in [-0.39, 0.29) is 11.9 Å². The van der Waals surface area contributed by atoms with Gasteiger partial charge in [0.1, 0.15) is 12.5 Å². The van der Waals surface area contributed by atoms with Crippen molar-refractivity contribution in [1.82, 2.24) is 10.2 Å². The van der Waals surface area contributed by atoms with E-state index in [9.17, 15) is 8.78 Å². The highest BCUT2D eigenvalue weighted by atomic mass is 79.9. The van der Waals surface area contributed by atoms with E-state index >= 15 is 0 Å². The van der Waals surface area contributed by atoms with Crippen LogP contribution in [0.4, 0.5) is 8.78 Å². The quantitative estimate of drug-likeness (QED) is 0.923. The van der Waals surface area contributed by atoms with Gasteiger partial charge in [0.15, 0.2) is 0 Å². The lowest BCUT2D eigenvalue weighted by molar-refractivity contribution is 0.147. The number of nitrogens with one attached hydrogen (secondary N) is 1. The number of hydrogen-bond donors (Lipinski definition) is 1. The zero-order chi connectivity index (χ0) is 12.3. The van der Waals surface area contributed by atoms with Crippen molar-refractivity contribution in [2.45, 2.75) is 6.04 Å². The third kappa shape index (κ3) is 3.03. The van der Waals surface area contributed by atoms with Crippen molar-refractivity contribution in [1.29, 1.82) is 0 Å². The summed E-state index contributed by atoms with van der Waals surface area (Å²) in [4.78, 5) is 2.05. The molecule has 1 aliphatic heterocycles. The Bertz CT molecular complexity index is 381. The van der Waals surface area contributed by atoms with E-state index in [1.807, 2.05) is 0 Å². The first-order chi connectivity index (χ1) is 8.22. The first-order valence-corrected chi connectivity index (χ1v) is 6.47. The van der Waals surface area contributed by atoms with E-state index in [4.69, 9.17) is 0 Å². The highest BCUT2D eigenvalue weighted by Gasteiger charge is 2.22. The van der Waals surface area contributed by atoms with Crippen molar-refractivity contribution >= 4 is 15.9 Å². The van der Waals surface area contributed by atoms with Crippen LogP contribution in [0.25, 0.3) is 0 Å². The normalized spacial score (nSPS) is 19.2. The second kappa shape index (κ2) is 5.89. The largest absolute Gasteiger partial charge is 0.314 e. The van der Waals surface area contributed by atoms with Crippen LogP contribution < -0.4 is 5.32 Å². The maximum absolute atomic E-state index is 13.4. The molecule has 1 atom stereocenters. The van der Waals surface area contributed by atoms with Gasteiger partial charge in [-0.15, -0.1) is 0 Å². The molecule has 1 aromatic rings. The predicted molar refractivity (Wildman–Crippen MR) is 67.3 cm³/mol. The molecule has 5 heteroatoms. The Morgan fingerprint density at radius 1 is 1.35 bits per heavy atom. The molecular formula is C12H15BrF2N2. The summed E-state index contributed by atoms with van der Waals surface area (Å²) in [5, 5.41) is 3.22. The molecule has 94 valence electrons. The summed E-state index contributed by atoms with van der Waals surface area (Å²) in [7, 11) is 0. The summed E-state index contributed by atoms with van der Waals surface area (Å²) in [6.07, 6.45) is 0. The number of halogens is 3. The van der Waals surface area contributed by atoms with Crippen LogP contribution in [0.5, 0.6) is 0 Å². The van der Waals surface area contributed by atoms with Crippen LogP contribution in [0.1, 0.15) is 11.6 Å². The summed E-state index contributed by atoms with van der Waals surface area (Å²) in [5.74, 6) is -0.337. The molecule has 0 saturated carbocycles. The molecule has 0 bridgehead atoms. The van der Waals surface area contributed by atoms with Crippen LogP contribution in [0.15, 0.2) is 22.7 Å². The summed E-state index contributed by atoms with van der Waals surface area (Å²) in [6.45, 7) is 2.82. The highest BCUT2D eigenvalue weighted by molar-refractivity contribution is 9.10. The first kappa shape index (κ1) is 12.9. The molecule has 1 aliphatic rings. The average molecular weight is 305 g/mol. The van der Waals surface area contributed by atoms with Crippen molar-refractivity contribution in [2.24, 2.45) is 0 Å². The van der Waals surface area contributed by atoms with Crippen molar-refractivity contribution in [3.63, 3.8) is 0 Å². The number of benzene rings is 1. The Morgan fingerprint density at radius 3 is 2.65 bits per heavy atom. The summed E-state index contributed by atoms with van der Waals surface area (Å²) < 4.78 is 27.0. The van der Waals surface area contributed by atoms with Crippen molar-refractivity contribution in [2.75, 3.05) is 32.9 Å². The lowest BCUT2D eigenvalue weighted by Crippen LogP contribution is -2.45. The van der Waals surface area contributed by atoms with Gasteiger partial charge in [0, 0.05) is 26.2 Å². The molecule has 1 N–H and O–H groups in total. The Balaban J connectivity index is 2.18. The third-order valence-corrected chi connectivity index (χ3v) is 3.71. The molecule has 1 aromatic carbocycles. The Kier molecular flexibility index (Phi) is 4.48. The number of rotatable bonds is 3. The number of nitrogens with zero attached hydrogens (tertiary/aromatic N) is 1. The molecule has 1 saturated heterocycles. The van der Waals surface area contributed by atoms with Gasteiger partial charge in [0.05, 0.1) is 10.5 Å². The standard InChI is InChI=1S/C12H15BrF2N2/c13-10-2-1-9(7-11(10)15)12(8-14)17-5-3-16-4-6-17/h1-2,7,12,16H,3-6,8H2/t12-/m0/s1. The minimum atomic E-state index is -0.485. The van der Waals surface area contributed by atoms with Crippen molar-refractivity contribution in [3.05, 3.63) is 34.1 Å².